The lowest BCUT2D eigenvalue weighted by atomic mass is 9.99. The number of pyridine rings is 1. The van der Waals surface area contributed by atoms with Crippen LogP contribution in [0.5, 0.6) is 0 Å². The molecule has 2 rings (SSSR count). The second kappa shape index (κ2) is 5.48. The standard InChI is InChI=1S/C14H19FN4/c1-9-13(10(2)19(4)18-9)6-14(16-3)11-5-12(15)8-17-7-11/h5,7-8,14,16H,6H2,1-4H3. The number of hydrogen-bond acceptors (Lipinski definition) is 3. The molecule has 5 heteroatoms. The fourth-order valence-corrected chi connectivity index (χ4v) is 2.32. The van der Waals surface area contributed by atoms with Crippen molar-refractivity contribution in [3.05, 3.63) is 46.8 Å². The average Bonchev–Trinajstić information content (AvgIpc) is 2.61. The van der Waals surface area contributed by atoms with Crippen LogP contribution in [0.25, 0.3) is 0 Å². The van der Waals surface area contributed by atoms with E-state index >= 15 is 0 Å². The molecule has 2 aromatic rings. The van der Waals surface area contributed by atoms with Gasteiger partial charge in [0.05, 0.1) is 11.9 Å². The molecule has 102 valence electrons. The van der Waals surface area contributed by atoms with Gasteiger partial charge in [0.2, 0.25) is 0 Å². The highest BCUT2D eigenvalue weighted by atomic mass is 19.1. The fourth-order valence-electron chi connectivity index (χ4n) is 2.32. The summed E-state index contributed by atoms with van der Waals surface area (Å²) in [7, 11) is 3.81. The molecule has 2 aromatic heterocycles. The van der Waals surface area contributed by atoms with Gasteiger partial charge in [0, 0.05) is 25.0 Å². The first-order valence-corrected chi connectivity index (χ1v) is 6.29. The van der Waals surface area contributed by atoms with Crippen LogP contribution in [0, 0.1) is 19.7 Å². The topological polar surface area (TPSA) is 42.7 Å². The van der Waals surface area contributed by atoms with Gasteiger partial charge in [-0.25, -0.2) is 4.39 Å². The molecular formula is C14H19FN4. The fraction of sp³-hybridized carbons (Fsp3) is 0.429. The predicted molar refractivity (Wildman–Crippen MR) is 72.4 cm³/mol. The highest BCUT2D eigenvalue weighted by Gasteiger charge is 2.17. The van der Waals surface area contributed by atoms with E-state index in [-0.39, 0.29) is 11.9 Å². The van der Waals surface area contributed by atoms with E-state index < -0.39 is 0 Å². The molecule has 0 fully saturated rings. The molecular weight excluding hydrogens is 243 g/mol. The van der Waals surface area contributed by atoms with Gasteiger partial charge in [0.15, 0.2) is 0 Å². The van der Waals surface area contributed by atoms with Crippen LogP contribution in [0.1, 0.15) is 28.6 Å². The van der Waals surface area contributed by atoms with Crippen molar-refractivity contribution in [2.45, 2.75) is 26.3 Å². The maximum atomic E-state index is 13.3. The first-order valence-electron chi connectivity index (χ1n) is 6.29. The van der Waals surface area contributed by atoms with Crippen LogP contribution in [-0.2, 0) is 13.5 Å². The Bertz CT molecular complexity index is 577. The zero-order valence-corrected chi connectivity index (χ0v) is 11.7. The van der Waals surface area contributed by atoms with Gasteiger partial charge in [-0.3, -0.25) is 9.67 Å². The van der Waals surface area contributed by atoms with Crippen molar-refractivity contribution in [2.75, 3.05) is 7.05 Å². The van der Waals surface area contributed by atoms with Gasteiger partial charge in [0.1, 0.15) is 5.82 Å². The van der Waals surface area contributed by atoms with Gasteiger partial charge in [-0.1, -0.05) is 0 Å². The smallest absolute Gasteiger partial charge is 0.141 e. The lowest BCUT2D eigenvalue weighted by molar-refractivity contribution is 0.569. The van der Waals surface area contributed by atoms with Gasteiger partial charge in [-0.05, 0) is 44.5 Å². The third kappa shape index (κ3) is 2.81. The van der Waals surface area contributed by atoms with Crippen LogP contribution in [0.3, 0.4) is 0 Å². The molecule has 0 aliphatic heterocycles. The molecule has 0 spiro atoms. The summed E-state index contributed by atoms with van der Waals surface area (Å²) < 4.78 is 15.1. The Labute approximate surface area is 112 Å². The van der Waals surface area contributed by atoms with Gasteiger partial charge < -0.3 is 5.32 Å². The number of nitrogens with zero attached hydrogens (tertiary/aromatic N) is 3. The third-order valence-electron chi connectivity index (χ3n) is 3.54. The quantitative estimate of drug-likeness (QED) is 0.917. The Hall–Kier alpha value is -1.75. The largest absolute Gasteiger partial charge is 0.313 e. The molecule has 2 heterocycles. The van der Waals surface area contributed by atoms with Crippen LogP contribution in [0.15, 0.2) is 18.5 Å². The number of nitrogens with one attached hydrogen (secondary N) is 1. The zero-order valence-electron chi connectivity index (χ0n) is 11.7. The van der Waals surface area contributed by atoms with Crippen molar-refractivity contribution in [3.8, 4) is 0 Å². The summed E-state index contributed by atoms with van der Waals surface area (Å²) in [5, 5.41) is 7.62. The molecule has 0 aliphatic carbocycles. The van der Waals surface area contributed by atoms with Crippen LogP contribution in [0.4, 0.5) is 4.39 Å². The van der Waals surface area contributed by atoms with Crippen LogP contribution in [0.2, 0.25) is 0 Å². The SMILES string of the molecule is CNC(Cc1c(C)nn(C)c1C)c1cncc(F)c1. The van der Waals surface area contributed by atoms with Crippen molar-refractivity contribution in [1.82, 2.24) is 20.1 Å². The summed E-state index contributed by atoms with van der Waals surface area (Å²) in [4.78, 5) is 3.91. The summed E-state index contributed by atoms with van der Waals surface area (Å²) >= 11 is 0. The Kier molecular flexibility index (Phi) is 3.95. The van der Waals surface area contributed by atoms with Crippen molar-refractivity contribution in [2.24, 2.45) is 7.05 Å². The number of aryl methyl sites for hydroxylation is 2. The highest BCUT2D eigenvalue weighted by Crippen LogP contribution is 2.22. The minimum Gasteiger partial charge on any atom is -0.313 e. The molecule has 0 aliphatic rings. The molecule has 4 nitrogen and oxygen atoms in total. The number of rotatable bonds is 4. The van der Waals surface area contributed by atoms with Gasteiger partial charge in [-0.15, -0.1) is 0 Å². The van der Waals surface area contributed by atoms with Crippen LogP contribution >= 0.6 is 0 Å². The van der Waals surface area contributed by atoms with E-state index in [2.05, 4.69) is 15.4 Å². The monoisotopic (exact) mass is 262 g/mol. The van der Waals surface area contributed by atoms with Gasteiger partial charge >= 0.3 is 0 Å². The first-order chi connectivity index (χ1) is 9.02. The van der Waals surface area contributed by atoms with Crippen molar-refractivity contribution < 1.29 is 4.39 Å². The first kappa shape index (κ1) is 13.7. The minimum atomic E-state index is -0.308. The zero-order chi connectivity index (χ0) is 14.0. The van der Waals surface area contributed by atoms with E-state index in [0.29, 0.717) is 0 Å². The molecule has 0 amide bonds. The van der Waals surface area contributed by atoms with Gasteiger partial charge in [-0.2, -0.15) is 5.10 Å². The lowest BCUT2D eigenvalue weighted by Crippen LogP contribution is -2.19. The highest BCUT2D eigenvalue weighted by molar-refractivity contribution is 5.28. The molecule has 1 N–H and O–H groups in total. The van der Waals surface area contributed by atoms with Crippen LogP contribution in [-0.4, -0.2) is 21.8 Å². The van der Waals surface area contributed by atoms with Crippen molar-refractivity contribution in [1.29, 1.82) is 0 Å². The summed E-state index contributed by atoms with van der Waals surface area (Å²) in [5.74, 6) is -0.308. The van der Waals surface area contributed by atoms with Crippen LogP contribution < -0.4 is 5.32 Å². The average molecular weight is 262 g/mol. The molecule has 19 heavy (non-hydrogen) atoms. The Balaban J connectivity index is 2.29. The number of halogens is 1. The van der Waals surface area contributed by atoms with Crippen molar-refractivity contribution in [3.63, 3.8) is 0 Å². The summed E-state index contributed by atoms with van der Waals surface area (Å²) in [5.41, 5.74) is 4.21. The predicted octanol–water partition coefficient (Wildman–Crippen LogP) is 2.07. The second-order valence-electron chi connectivity index (χ2n) is 4.75. The summed E-state index contributed by atoms with van der Waals surface area (Å²) in [6, 6.07) is 1.56. The molecule has 1 atom stereocenters. The lowest BCUT2D eigenvalue weighted by Gasteiger charge is -2.16. The molecule has 0 radical (unpaired) electrons. The number of aromatic nitrogens is 3. The normalized spacial score (nSPS) is 12.7. The van der Waals surface area contributed by atoms with E-state index in [1.54, 1.807) is 6.20 Å². The maximum Gasteiger partial charge on any atom is 0.141 e. The van der Waals surface area contributed by atoms with Gasteiger partial charge in [0.25, 0.3) is 0 Å². The summed E-state index contributed by atoms with van der Waals surface area (Å²) in [6.07, 6.45) is 3.69. The number of hydrogen-bond donors (Lipinski definition) is 1. The molecule has 0 aromatic carbocycles. The van der Waals surface area contributed by atoms with E-state index in [1.807, 2.05) is 32.6 Å². The van der Waals surface area contributed by atoms with E-state index in [4.69, 9.17) is 0 Å². The Morgan fingerprint density at radius 3 is 2.63 bits per heavy atom. The Morgan fingerprint density at radius 1 is 1.37 bits per heavy atom. The molecule has 1 unspecified atom stereocenters. The maximum absolute atomic E-state index is 13.3. The summed E-state index contributed by atoms with van der Waals surface area (Å²) in [6.45, 7) is 4.05. The third-order valence-corrected chi connectivity index (χ3v) is 3.54. The minimum absolute atomic E-state index is 0.0322. The molecule has 0 saturated heterocycles. The van der Waals surface area contributed by atoms with Crippen molar-refractivity contribution >= 4 is 0 Å². The van der Waals surface area contributed by atoms with E-state index in [0.717, 1.165) is 23.4 Å². The Morgan fingerprint density at radius 2 is 2.11 bits per heavy atom. The van der Waals surface area contributed by atoms with E-state index in [9.17, 15) is 4.39 Å². The second-order valence-corrected chi connectivity index (χ2v) is 4.75. The molecule has 0 bridgehead atoms. The number of likely N-dealkylation sites (N-methyl/N-ethyl adjacent to an activating group) is 1. The van der Waals surface area contributed by atoms with E-state index in [1.165, 1.54) is 17.8 Å². The molecule has 0 saturated carbocycles.